The summed E-state index contributed by atoms with van der Waals surface area (Å²) in [6, 6.07) is 16.4. The van der Waals surface area contributed by atoms with E-state index in [1.807, 2.05) is 35.0 Å². The second-order valence-electron chi connectivity index (χ2n) is 4.72. The molecule has 4 heteroatoms. The molecule has 4 nitrogen and oxygen atoms in total. The van der Waals surface area contributed by atoms with Gasteiger partial charge >= 0.3 is 0 Å². The maximum Gasteiger partial charge on any atom is 0.118 e. The van der Waals surface area contributed by atoms with Crippen molar-refractivity contribution in [1.82, 2.24) is 15.0 Å². The molecule has 0 saturated heterocycles. The smallest absolute Gasteiger partial charge is 0.118 e. The predicted molar refractivity (Wildman–Crippen MR) is 79.0 cm³/mol. The van der Waals surface area contributed by atoms with Gasteiger partial charge in [-0.3, -0.25) is 0 Å². The Balaban J connectivity index is 2.04. The lowest BCUT2D eigenvalue weighted by Crippen LogP contribution is -2.11. The molecule has 1 heterocycles. The van der Waals surface area contributed by atoms with Crippen LogP contribution in [0.5, 0.6) is 5.75 Å². The molecule has 0 N–H and O–H groups in total. The van der Waals surface area contributed by atoms with Crippen molar-refractivity contribution in [2.45, 2.75) is 19.4 Å². The average molecular weight is 267 g/mol. The van der Waals surface area contributed by atoms with Crippen molar-refractivity contribution in [3.05, 3.63) is 54.1 Å². The molecule has 0 saturated carbocycles. The van der Waals surface area contributed by atoms with E-state index in [9.17, 15) is 0 Å². The highest BCUT2D eigenvalue weighted by atomic mass is 16.5. The third kappa shape index (κ3) is 2.13. The molecule has 0 amide bonds. The van der Waals surface area contributed by atoms with Gasteiger partial charge in [-0.1, -0.05) is 36.4 Å². The van der Waals surface area contributed by atoms with Crippen LogP contribution in [-0.2, 0) is 0 Å². The van der Waals surface area contributed by atoms with Crippen molar-refractivity contribution in [3.8, 4) is 5.75 Å². The number of para-hydroxylation sites is 1. The second kappa shape index (κ2) is 5.33. The average Bonchev–Trinajstić information content (AvgIpc) is 2.93. The van der Waals surface area contributed by atoms with E-state index < -0.39 is 0 Å². The molecule has 0 aliphatic heterocycles. The fraction of sp³-hybridized carbons (Fsp3) is 0.250. The fourth-order valence-corrected chi connectivity index (χ4v) is 2.49. The molecule has 1 unspecified atom stereocenters. The molecule has 0 bridgehead atoms. The second-order valence-corrected chi connectivity index (χ2v) is 4.72. The topological polar surface area (TPSA) is 39.9 Å². The van der Waals surface area contributed by atoms with Gasteiger partial charge in [0.2, 0.25) is 0 Å². The Bertz CT molecular complexity index is 703. The Morgan fingerprint density at radius 1 is 1.10 bits per heavy atom. The number of hydrogen-bond acceptors (Lipinski definition) is 3. The van der Waals surface area contributed by atoms with Crippen LogP contribution in [0.3, 0.4) is 0 Å². The van der Waals surface area contributed by atoms with Crippen LogP contribution in [-0.4, -0.2) is 22.1 Å². The summed E-state index contributed by atoms with van der Waals surface area (Å²) >= 11 is 0. The molecule has 0 fully saturated rings. The quantitative estimate of drug-likeness (QED) is 0.727. The van der Waals surface area contributed by atoms with Crippen LogP contribution in [0.25, 0.3) is 11.0 Å². The normalized spacial score (nSPS) is 12.5. The van der Waals surface area contributed by atoms with Crippen LogP contribution < -0.4 is 4.74 Å². The summed E-state index contributed by atoms with van der Waals surface area (Å²) in [6.45, 7) is 2.16. The van der Waals surface area contributed by atoms with Gasteiger partial charge < -0.3 is 4.74 Å². The minimum atomic E-state index is 0.188. The first-order chi connectivity index (χ1) is 9.83. The minimum Gasteiger partial charge on any atom is -0.497 e. The lowest BCUT2D eigenvalue weighted by Gasteiger charge is -2.16. The molecule has 3 rings (SSSR count). The zero-order chi connectivity index (χ0) is 13.9. The fourth-order valence-electron chi connectivity index (χ4n) is 2.49. The Hall–Kier alpha value is -2.36. The van der Waals surface area contributed by atoms with E-state index in [0.29, 0.717) is 0 Å². The number of methoxy groups -OCH3 is 1. The Morgan fingerprint density at radius 2 is 1.85 bits per heavy atom. The van der Waals surface area contributed by atoms with Gasteiger partial charge in [0.25, 0.3) is 0 Å². The van der Waals surface area contributed by atoms with Crippen LogP contribution in [0.1, 0.15) is 24.9 Å². The summed E-state index contributed by atoms with van der Waals surface area (Å²) in [5, 5.41) is 8.56. The summed E-state index contributed by atoms with van der Waals surface area (Å²) in [6.07, 6.45) is 0.958. The van der Waals surface area contributed by atoms with Crippen LogP contribution >= 0.6 is 0 Å². The predicted octanol–water partition coefficient (Wildman–Crippen LogP) is 3.44. The van der Waals surface area contributed by atoms with Crippen LogP contribution in [0, 0.1) is 0 Å². The van der Waals surface area contributed by atoms with Gasteiger partial charge in [-0.15, -0.1) is 5.10 Å². The zero-order valence-electron chi connectivity index (χ0n) is 11.7. The number of ether oxygens (including phenoxy) is 1. The van der Waals surface area contributed by atoms with Gasteiger partial charge in [-0.25, -0.2) is 4.68 Å². The van der Waals surface area contributed by atoms with E-state index in [0.717, 1.165) is 23.2 Å². The summed E-state index contributed by atoms with van der Waals surface area (Å²) < 4.78 is 7.21. The number of rotatable bonds is 4. The van der Waals surface area contributed by atoms with E-state index in [1.165, 1.54) is 5.56 Å². The third-order valence-electron chi connectivity index (χ3n) is 3.56. The Labute approximate surface area is 118 Å². The molecular weight excluding hydrogens is 250 g/mol. The van der Waals surface area contributed by atoms with Crippen molar-refractivity contribution < 1.29 is 4.74 Å². The highest BCUT2D eigenvalue weighted by Crippen LogP contribution is 2.26. The monoisotopic (exact) mass is 267 g/mol. The number of hydrogen-bond donors (Lipinski definition) is 0. The summed E-state index contributed by atoms with van der Waals surface area (Å²) in [5.41, 5.74) is 3.21. The molecule has 1 atom stereocenters. The molecule has 0 spiro atoms. The van der Waals surface area contributed by atoms with E-state index in [2.05, 4.69) is 35.4 Å². The van der Waals surface area contributed by atoms with Crippen LogP contribution in [0.2, 0.25) is 0 Å². The maximum atomic E-state index is 5.21. The molecule has 2 aromatic carbocycles. The number of nitrogens with zero attached hydrogens (tertiary/aromatic N) is 3. The number of aromatic nitrogens is 3. The largest absolute Gasteiger partial charge is 0.497 e. The number of fused-ring (bicyclic) bond motifs is 1. The Morgan fingerprint density at radius 3 is 2.55 bits per heavy atom. The SMILES string of the molecule is CCC(c1ccc(OC)cc1)n1nnc2ccccc21. The molecular formula is C16H17N3O. The summed E-state index contributed by atoms with van der Waals surface area (Å²) in [4.78, 5) is 0. The van der Waals surface area contributed by atoms with E-state index in [1.54, 1.807) is 7.11 Å². The molecule has 102 valence electrons. The molecule has 20 heavy (non-hydrogen) atoms. The van der Waals surface area contributed by atoms with E-state index in [4.69, 9.17) is 4.74 Å². The first-order valence-electron chi connectivity index (χ1n) is 6.77. The van der Waals surface area contributed by atoms with E-state index >= 15 is 0 Å². The van der Waals surface area contributed by atoms with E-state index in [-0.39, 0.29) is 6.04 Å². The molecule has 1 aromatic heterocycles. The van der Waals surface area contributed by atoms with Crippen molar-refractivity contribution in [3.63, 3.8) is 0 Å². The lowest BCUT2D eigenvalue weighted by atomic mass is 10.0. The van der Waals surface area contributed by atoms with Gasteiger partial charge in [0, 0.05) is 0 Å². The molecule has 3 aromatic rings. The van der Waals surface area contributed by atoms with Gasteiger partial charge in [0.05, 0.1) is 18.7 Å². The van der Waals surface area contributed by atoms with Crippen LogP contribution in [0.4, 0.5) is 0 Å². The Kier molecular flexibility index (Phi) is 3.37. The highest BCUT2D eigenvalue weighted by molar-refractivity contribution is 5.74. The first kappa shape index (κ1) is 12.7. The third-order valence-corrected chi connectivity index (χ3v) is 3.56. The zero-order valence-corrected chi connectivity index (χ0v) is 11.7. The number of benzene rings is 2. The van der Waals surface area contributed by atoms with Gasteiger partial charge in [-0.2, -0.15) is 0 Å². The van der Waals surface area contributed by atoms with Crippen LogP contribution in [0.15, 0.2) is 48.5 Å². The van der Waals surface area contributed by atoms with Crippen molar-refractivity contribution in [2.75, 3.05) is 7.11 Å². The molecule has 0 radical (unpaired) electrons. The van der Waals surface area contributed by atoms with Gasteiger partial charge in [0.1, 0.15) is 11.3 Å². The maximum absolute atomic E-state index is 5.21. The van der Waals surface area contributed by atoms with Gasteiger partial charge in [-0.05, 0) is 36.2 Å². The first-order valence-corrected chi connectivity index (χ1v) is 6.77. The summed E-state index contributed by atoms with van der Waals surface area (Å²) in [7, 11) is 1.68. The molecule has 0 aliphatic rings. The molecule has 0 aliphatic carbocycles. The highest BCUT2D eigenvalue weighted by Gasteiger charge is 2.15. The van der Waals surface area contributed by atoms with Crippen molar-refractivity contribution in [2.24, 2.45) is 0 Å². The van der Waals surface area contributed by atoms with Crippen molar-refractivity contribution >= 4 is 11.0 Å². The standard InChI is InChI=1S/C16H17N3O/c1-3-15(12-8-10-13(20-2)11-9-12)19-16-7-5-4-6-14(16)17-18-19/h4-11,15H,3H2,1-2H3. The van der Waals surface area contributed by atoms with Gasteiger partial charge in [0.15, 0.2) is 0 Å². The summed E-state index contributed by atoms with van der Waals surface area (Å²) in [5.74, 6) is 0.868. The lowest BCUT2D eigenvalue weighted by molar-refractivity contribution is 0.414. The van der Waals surface area contributed by atoms with Crippen molar-refractivity contribution in [1.29, 1.82) is 0 Å². The minimum absolute atomic E-state index is 0.188.